The molecule has 2 amide bonds. The van der Waals surface area contributed by atoms with Crippen molar-refractivity contribution in [2.24, 2.45) is 5.73 Å². The molecule has 4 aromatic rings. The van der Waals surface area contributed by atoms with Crippen LogP contribution >= 0.6 is 0 Å². The van der Waals surface area contributed by atoms with E-state index >= 15 is 0 Å². The highest BCUT2D eigenvalue weighted by Crippen LogP contribution is 2.27. The van der Waals surface area contributed by atoms with Crippen molar-refractivity contribution < 1.29 is 19.4 Å². The first-order valence-corrected chi connectivity index (χ1v) is 12.4. The molecule has 1 aliphatic heterocycles. The maximum absolute atomic E-state index is 12.7. The van der Waals surface area contributed by atoms with Gasteiger partial charge in [0.1, 0.15) is 29.6 Å². The lowest BCUT2D eigenvalue weighted by Crippen LogP contribution is -2.44. The summed E-state index contributed by atoms with van der Waals surface area (Å²) in [4.78, 5) is 41.9. The maximum Gasteiger partial charge on any atom is 0.339 e. The SMILES string of the molecule is CC(c1nc2c([nH]1)CCN(C(=O)NCCOc1ccccc1C(=O)O)C2)c1nc2cc(NC(=N)N)ccc2[nH]1. The summed E-state index contributed by atoms with van der Waals surface area (Å²) in [5.74, 6) is 0.419. The summed E-state index contributed by atoms with van der Waals surface area (Å²) < 4.78 is 5.55. The second-order valence-electron chi connectivity index (χ2n) is 9.21. The molecule has 0 bridgehead atoms. The molecule has 0 fully saturated rings. The van der Waals surface area contributed by atoms with Crippen molar-refractivity contribution in [3.8, 4) is 5.75 Å². The number of hydrogen-bond donors (Lipinski definition) is 7. The minimum atomic E-state index is -1.07. The molecule has 5 rings (SSSR count). The summed E-state index contributed by atoms with van der Waals surface area (Å²) in [5.41, 5.74) is 9.60. The van der Waals surface area contributed by atoms with Gasteiger partial charge in [-0.3, -0.25) is 5.41 Å². The first-order chi connectivity index (χ1) is 18.8. The van der Waals surface area contributed by atoms with Crippen molar-refractivity contribution in [2.75, 3.05) is 25.0 Å². The number of anilines is 1. The van der Waals surface area contributed by atoms with E-state index in [0.29, 0.717) is 25.2 Å². The van der Waals surface area contributed by atoms with Crippen molar-refractivity contribution in [2.45, 2.75) is 25.8 Å². The van der Waals surface area contributed by atoms with Gasteiger partial charge in [0.15, 0.2) is 5.96 Å². The highest BCUT2D eigenvalue weighted by molar-refractivity contribution is 5.92. The molecule has 8 N–H and O–H groups in total. The maximum atomic E-state index is 12.7. The molecule has 1 unspecified atom stereocenters. The number of ether oxygens (including phenoxy) is 1. The number of urea groups is 1. The van der Waals surface area contributed by atoms with Crippen molar-refractivity contribution in [3.63, 3.8) is 0 Å². The molecule has 0 aliphatic carbocycles. The summed E-state index contributed by atoms with van der Waals surface area (Å²) in [6.07, 6.45) is 0.644. The van der Waals surface area contributed by atoms with E-state index in [1.165, 1.54) is 6.07 Å². The van der Waals surface area contributed by atoms with Crippen LogP contribution in [0.3, 0.4) is 0 Å². The third-order valence-corrected chi connectivity index (χ3v) is 6.50. The number of rotatable bonds is 8. The predicted molar refractivity (Wildman–Crippen MR) is 144 cm³/mol. The minimum absolute atomic E-state index is 0.0772. The zero-order valence-corrected chi connectivity index (χ0v) is 21.2. The van der Waals surface area contributed by atoms with Crippen molar-refractivity contribution in [1.29, 1.82) is 5.41 Å². The highest BCUT2D eigenvalue weighted by atomic mass is 16.5. The van der Waals surface area contributed by atoms with Crippen molar-refractivity contribution >= 4 is 34.7 Å². The molecule has 3 heterocycles. The molecule has 1 atom stereocenters. The topological polar surface area (TPSA) is 198 Å². The van der Waals surface area contributed by atoms with Crippen LogP contribution in [0, 0.1) is 5.41 Å². The average molecular weight is 532 g/mol. The molecule has 1 aliphatic rings. The van der Waals surface area contributed by atoms with Crippen molar-refractivity contribution in [1.82, 2.24) is 30.2 Å². The van der Waals surface area contributed by atoms with Gasteiger partial charge in [-0.1, -0.05) is 12.1 Å². The lowest BCUT2D eigenvalue weighted by atomic mass is 10.1. The highest BCUT2D eigenvalue weighted by Gasteiger charge is 2.26. The van der Waals surface area contributed by atoms with Crippen LogP contribution in [0.1, 0.15) is 46.2 Å². The lowest BCUT2D eigenvalue weighted by Gasteiger charge is -2.26. The quantitative estimate of drug-likeness (QED) is 0.102. The Morgan fingerprint density at radius 1 is 1.21 bits per heavy atom. The van der Waals surface area contributed by atoms with Gasteiger partial charge in [-0.15, -0.1) is 0 Å². The first kappa shape index (κ1) is 25.6. The van der Waals surface area contributed by atoms with Gasteiger partial charge in [-0.05, 0) is 37.3 Å². The Morgan fingerprint density at radius 2 is 2.00 bits per heavy atom. The lowest BCUT2D eigenvalue weighted by molar-refractivity contribution is 0.0692. The van der Waals surface area contributed by atoms with E-state index in [2.05, 4.69) is 20.6 Å². The summed E-state index contributed by atoms with van der Waals surface area (Å²) in [7, 11) is 0. The van der Waals surface area contributed by atoms with Gasteiger partial charge >= 0.3 is 12.0 Å². The van der Waals surface area contributed by atoms with Crippen LogP contribution in [0.4, 0.5) is 10.5 Å². The van der Waals surface area contributed by atoms with Gasteiger partial charge in [-0.25, -0.2) is 19.6 Å². The zero-order chi connectivity index (χ0) is 27.5. The molecule has 39 heavy (non-hydrogen) atoms. The summed E-state index contributed by atoms with van der Waals surface area (Å²) in [5, 5.41) is 22.2. The van der Waals surface area contributed by atoms with Gasteiger partial charge < -0.3 is 41.1 Å². The number of H-pyrrole nitrogens is 2. The van der Waals surface area contributed by atoms with E-state index in [9.17, 15) is 14.7 Å². The van der Waals surface area contributed by atoms with E-state index < -0.39 is 5.97 Å². The zero-order valence-electron chi connectivity index (χ0n) is 21.2. The second-order valence-corrected chi connectivity index (χ2v) is 9.21. The van der Waals surface area contributed by atoms with Crippen LogP contribution in [0.25, 0.3) is 11.0 Å². The van der Waals surface area contributed by atoms with Gasteiger partial charge in [0.2, 0.25) is 0 Å². The smallest absolute Gasteiger partial charge is 0.339 e. The third-order valence-electron chi connectivity index (χ3n) is 6.50. The number of carboxylic acid groups (broad SMARTS) is 1. The monoisotopic (exact) mass is 531 g/mol. The summed E-state index contributed by atoms with van der Waals surface area (Å²) in [6.45, 7) is 3.28. The number of carboxylic acids is 1. The molecule has 2 aromatic carbocycles. The number of carbonyl (C=O) groups is 2. The van der Waals surface area contributed by atoms with Crippen LogP contribution in [-0.2, 0) is 13.0 Å². The minimum Gasteiger partial charge on any atom is -0.491 e. The third kappa shape index (κ3) is 5.61. The molecule has 202 valence electrons. The van der Waals surface area contributed by atoms with Crippen LogP contribution < -0.4 is 21.1 Å². The Labute approximate surface area is 223 Å². The van der Waals surface area contributed by atoms with Gasteiger partial charge in [0.25, 0.3) is 0 Å². The van der Waals surface area contributed by atoms with E-state index in [1.54, 1.807) is 23.1 Å². The number of imidazole rings is 2. The van der Waals surface area contributed by atoms with E-state index in [-0.39, 0.29) is 42.4 Å². The fraction of sp³-hybridized carbons (Fsp3) is 0.269. The molecule has 0 spiro atoms. The van der Waals surface area contributed by atoms with Gasteiger partial charge in [-0.2, -0.15) is 0 Å². The van der Waals surface area contributed by atoms with E-state index in [4.69, 9.17) is 25.8 Å². The normalized spacial score (nSPS) is 13.5. The summed E-state index contributed by atoms with van der Waals surface area (Å²) in [6, 6.07) is 11.7. The number of nitrogens with two attached hydrogens (primary N) is 1. The fourth-order valence-corrected chi connectivity index (χ4v) is 4.48. The average Bonchev–Trinajstić information content (AvgIpc) is 3.54. The molecule has 0 radical (unpaired) electrons. The predicted octanol–water partition coefficient (Wildman–Crippen LogP) is 2.59. The number of hydrogen-bond acceptors (Lipinski definition) is 6. The van der Waals surface area contributed by atoms with Gasteiger partial charge in [0.05, 0.1) is 35.7 Å². The van der Waals surface area contributed by atoms with Crippen molar-refractivity contribution in [3.05, 3.63) is 71.1 Å². The number of amides is 2. The number of nitrogens with one attached hydrogen (secondary N) is 5. The van der Waals surface area contributed by atoms with Crippen LogP contribution in [0.5, 0.6) is 5.75 Å². The standard InChI is InChI=1S/C26H29N9O4/c1-14(22-31-17-7-6-15(30-25(27)28)12-19(17)33-22)23-32-18-8-10-35(13-20(18)34-23)26(38)29-9-11-39-21-5-3-2-4-16(21)24(36)37/h2-7,12,14H,8-11,13H2,1H3,(H,29,38)(H,31,33)(H,32,34)(H,36,37)(H4,27,28,30). The number of carbonyl (C=O) groups excluding carboxylic acids is 1. The van der Waals surface area contributed by atoms with Gasteiger partial charge in [0, 0.05) is 24.3 Å². The van der Waals surface area contributed by atoms with E-state index in [1.807, 2.05) is 25.1 Å². The second kappa shape index (κ2) is 10.7. The molecular weight excluding hydrogens is 502 g/mol. The van der Waals surface area contributed by atoms with Crippen LogP contribution in [0.15, 0.2) is 42.5 Å². The molecular formula is C26H29N9O4. The molecule has 13 nitrogen and oxygen atoms in total. The molecule has 0 saturated heterocycles. The Morgan fingerprint density at radius 3 is 2.79 bits per heavy atom. The number of fused-ring (bicyclic) bond motifs is 2. The number of benzene rings is 2. The Bertz CT molecular complexity index is 1540. The largest absolute Gasteiger partial charge is 0.491 e. The fourth-order valence-electron chi connectivity index (χ4n) is 4.48. The number of aromatic carboxylic acids is 1. The number of guanidine groups is 1. The Balaban J connectivity index is 1.18. The number of nitrogens with zero attached hydrogens (tertiary/aromatic N) is 3. The number of aromatic amines is 2. The van der Waals surface area contributed by atoms with E-state index in [0.717, 1.165) is 34.1 Å². The summed E-state index contributed by atoms with van der Waals surface area (Å²) >= 11 is 0. The van der Waals surface area contributed by atoms with Crippen LogP contribution in [-0.4, -0.2) is 67.6 Å². The first-order valence-electron chi connectivity index (χ1n) is 12.4. The Kier molecular flexibility index (Phi) is 7.04. The number of para-hydroxylation sites is 1. The number of aromatic nitrogens is 4. The Hall–Kier alpha value is -5.07. The molecule has 13 heteroatoms. The van der Waals surface area contributed by atoms with Crippen LogP contribution in [0.2, 0.25) is 0 Å². The molecule has 0 saturated carbocycles. The molecule has 2 aromatic heterocycles.